The van der Waals surface area contributed by atoms with Gasteiger partial charge in [0, 0.05) is 27.2 Å². The third kappa shape index (κ3) is 2.92. The maximum absolute atomic E-state index is 5.97. The summed E-state index contributed by atoms with van der Waals surface area (Å²) in [6.45, 7) is 0. The Hall–Kier alpha value is -1.89. The van der Waals surface area contributed by atoms with Crippen molar-refractivity contribution in [1.29, 1.82) is 0 Å². The SMILES string of the molecule is Clc1ccc(SCc2nc(-n3ccnc3)c3c4c(sc3n2)CCC4)cc1. The van der Waals surface area contributed by atoms with E-state index >= 15 is 0 Å². The zero-order chi connectivity index (χ0) is 17.5. The fraction of sp³-hybridized carbons (Fsp3) is 0.211. The van der Waals surface area contributed by atoms with E-state index in [2.05, 4.69) is 4.98 Å². The fourth-order valence-corrected chi connectivity index (χ4v) is 5.49. The average Bonchev–Trinajstić information content (AvgIpc) is 3.37. The second-order valence-corrected chi connectivity index (χ2v) is 8.78. The summed E-state index contributed by atoms with van der Waals surface area (Å²) in [5, 5.41) is 1.96. The molecule has 3 aromatic heterocycles. The molecule has 0 aliphatic heterocycles. The van der Waals surface area contributed by atoms with Crippen molar-refractivity contribution in [3.05, 3.63) is 64.3 Å². The molecule has 0 bridgehead atoms. The molecule has 0 fully saturated rings. The maximum atomic E-state index is 5.97. The molecule has 1 aromatic carbocycles. The van der Waals surface area contributed by atoms with Gasteiger partial charge in [0.1, 0.15) is 17.0 Å². The number of hydrogen-bond donors (Lipinski definition) is 0. The normalized spacial score (nSPS) is 13.4. The first-order valence-electron chi connectivity index (χ1n) is 8.46. The number of aromatic nitrogens is 4. The molecule has 7 heteroatoms. The van der Waals surface area contributed by atoms with Crippen LogP contribution in [0.25, 0.3) is 16.0 Å². The van der Waals surface area contributed by atoms with Crippen molar-refractivity contribution in [2.45, 2.75) is 29.9 Å². The zero-order valence-electron chi connectivity index (χ0n) is 13.9. The highest BCUT2D eigenvalue weighted by Crippen LogP contribution is 2.39. The largest absolute Gasteiger partial charge is 0.290 e. The number of thiophene rings is 1. The average molecular weight is 399 g/mol. The number of imidazole rings is 1. The van der Waals surface area contributed by atoms with Gasteiger partial charge in [0.05, 0.1) is 11.1 Å². The van der Waals surface area contributed by atoms with Crippen LogP contribution in [-0.2, 0) is 18.6 Å². The maximum Gasteiger partial charge on any atom is 0.150 e. The molecule has 0 saturated heterocycles. The highest BCUT2D eigenvalue weighted by molar-refractivity contribution is 7.98. The van der Waals surface area contributed by atoms with Gasteiger partial charge in [0.2, 0.25) is 0 Å². The molecule has 0 N–H and O–H groups in total. The molecule has 26 heavy (non-hydrogen) atoms. The molecule has 1 aliphatic carbocycles. The number of rotatable bonds is 4. The van der Waals surface area contributed by atoms with Gasteiger partial charge in [-0.05, 0) is 49.1 Å². The van der Waals surface area contributed by atoms with E-state index in [1.807, 2.05) is 52.7 Å². The summed E-state index contributed by atoms with van der Waals surface area (Å²) in [5.74, 6) is 2.53. The van der Waals surface area contributed by atoms with Gasteiger partial charge in [0.15, 0.2) is 5.82 Å². The van der Waals surface area contributed by atoms with Crippen molar-refractivity contribution >= 4 is 44.9 Å². The standard InChI is InChI=1S/C19H15ClN4S2/c20-12-4-6-13(7-5-12)25-10-16-22-18(24-9-8-21-11-24)17-14-2-1-3-15(14)26-19(17)23-16/h4-9,11H,1-3,10H2. The Kier molecular flexibility index (Phi) is 4.19. The number of hydrogen-bond acceptors (Lipinski definition) is 5. The first-order valence-corrected chi connectivity index (χ1v) is 10.6. The van der Waals surface area contributed by atoms with Gasteiger partial charge < -0.3 is 0 Å². The lowest BCUT2D eigenvalue weighted by molar-refractivity contribution is 0.912. The van der Waals surface area contributed by atoms with Crippen molar-refractivity contribution in [1.82, 2.24) is 19.5 Å². The fourth-order valence-electron chi connectivity index (χ4n) is 3.33. The summed E-state index contributed by atoms with van der Waals surface area (Å²) < 4.78 is 2.01. The quantitative estimate of drug-likeness (QED) is 0.437. The summed E-state index contributed by atoms with van der Waals surface area (Å²) in [6, 6.07) is 7.88. The minimum atomic E-state index is 0.724. The predicted octanol–water partition coefficient (Wildman–Crippen LogP) is 5.31. The van der Waals surface area contributed by atoms with E-state index < -0.39 is 0 Å². The van der Waals surface area contributed by atoms with Crippen LogP contribution in [0.5, 0.6) is 0 Å². The van der Waals surface area contributed by atoms with Gasteiger partial charge in [-0.2, -0.15) is 0 Å². The van der Waals surface area contributed by atoms with E-state index in [-0.39, 0.29) is 0 Å². The number of halogens is 1. The lowest BCUT2D eigenvalue weighted by Gasteiger charge is -2.08. The van der Waals surface area contributed by atoms with Crippen molar-refractivity contribution in [3.8, 4) is 5.82 Å². The van der Waals surface area contributed by atoms with Crippen LogP contribution in [0.3, 0.4) is 0 Å². The van der Waals surface area contributed by atoms with Gasteiger partial charge >= 0.3 is 0 Å². The predicted molar refractivity (Wildman–Crippen MR) is 108 cm³/mol. The molecule has 3 heterocycles. The second-order valence-electron chi connectivity index (χ2n) is 6.21. The topological polar surface area (TPSA) is 43.6 Å². The van der Waals surface area contributed by atoms with Crippen LogP contribution in [0.4, 0.5) is 0 Å². The zero-order valence-corrected chi connectivity index (χ0v) is 16.2. The summed E-state index contributed by atoms with van der Waals surface area (Å²) >= 11 is 9.51. The van der Waals surface area contributed by atoms with Crippen molar-refractivity contribution in [3.63, 3.8) is 0 Å². The Labute approximate surface area is 164 Å². The number of nitrogens with zero attached hydrogens (tertiary/aromatic N) is 4. The van der Waals surface area contributed by atoms with Gasteiger partial charge in [-0.25, -0.2) is 15.0 Å². The Morgan fingerprint density at radius 2 is 2.04 bits per heavy atom. The van der Waals surface area contributed by atoms with Crippen molar-refractivity contribution < 1.29 is 0 Å². The molecule has 0 saturated carbocycles. The molecular weight excluding hydrogens is 384 g/mol. The smallest absolute Gasteiger partial charge is 0.150 e. The Bertz CT molecular complexity index is 1070. The molecule has 4 nitrogen and oxygen atoms in total. The Morgan fingerprint density at radius 3 is 2.85 bits per heavy atom. The summed E-state index contributed by atoms with van der Waals surface area (Å²) in [5.41, 5.74) is 1.44. The van der Waals surface area contributed by atoms with E-state index in [9.17, 15) is 0 Å². The van der Waals surface area contributed by atoms with Crippen molar-refractivity contribution in [2.24, 2.45) is 0 Å². The van der Waals surface area contributed by atoms with Gasteiger partial charge in [0.25, 0.3) is 0 Å². The van der Waals surface area contributed by atoms with Crippen molar-refractivity contribution in [2.75, 3.05) is 0 Å². The first kappa shape index (κ1) is 16.3. The van der Waals surface area contributed by atoms with Gasteiger partial charge in [-0.3, -0.25) is 4.57 Å². The lowest BCUT2D eigenvalue weighted by Crippen LogP contribution is -2.02. The molecule has 1 aliphatic rings. The molecule has 0 radical (unpaired) electrons. The van der Waals surface area contributed by atoms with E-state index in [0.29, 0.717) is 0 Å². The minimum absolute atomic E-state index is 0.724. The Morgan fingerprint density at radius 1 is 1.15 bits per heavy atom. The van der Waals surface area contributed by atoms with E-state index in [0.717, 1.165) is 45.0 Å². The van der Waals surface area contributed by atoms with Crippen LogP contribution in [0.15, 0.2) is 47.9 Å². The lowest BCUT2D eigenvalue weighted by atomic mass is 10.2. The van der Waals surface area contributed by atoms with Crippen LogP contribution < -0.4 is 0 Å². The molecule has 0 amide bonds. The molecule has 4 aromatic rings. The molecule has 130 valence electrons. The summed E-state index contributed by atoms with van der Waals surface area (Å²) in [4.78, 5) is 17.7. The molecule has 0 unspecified atom stereocenters. The highest BCUT2D eigenvalue weighted by atomic mass is 35.5. The number of aryl methyl sites for hydroxylation is 2. The summed E-state index contributed by atoms with van der Waals surface area (Å²) in [7, 11) is 0. The third-order valence-corrected chi connectivity index (χ3v) is 6.97. The van der Waals surface area contributed by atoms with Gasteiger partial charge in [-0.1, -0.05) is 11.6 Å². The van der Waals surface area contributed by atoms with E-state index in [1.54, 1.807) is 18.0 Å². The molecule has 0 spiro atoms. The summed E-state index contributed by atoms with van der Waals surface area (Å²) in [6.07, 6.45) is 9.08. The molecular formula is C19H15ClN4S2. The highest BCUT2D eigenvalue weighted by Gasteiger charge is 2.23. The van der Waals surface area contributed by atoms with Crippen LogP contribution >= 0.6 is 34.7 Å². The Balaban J connectivity index is 1.55. The molecule has 0 atom stereocenters. The number of fused-ring (bicyclic) bond motifs is 3. The number of benzene rings is 1. The van der Waals surface area contributed by atoms with E-state index in [4.69, 9.17) is 21.6 Å². The second kappa shape index (κ2) is 6.68. The van der Waals surface area contributed by atoms with Gasteiger partial charge in [-0.15, -0.1) is 23.1 Å². The van der Waals surface area contributed by atoms with Crippen LogP contribution in [0, 0.1) is 0 Å². The van der Waals surface area contributed by atoms with Crippen LogP contribution in [0.1, 0.15) is 22.7 Å². The molecule has 5 rings (SSSR count). The van der Waals surface area contributed by atoms with E-state index in [1.165, 1.54) is 22.2 Å². The monoisotopic (exact) mass is 398 g/mol. The van der Waals surface area contributed by atoms with Crippen LogP contribution in [0.2, 0.25) is 5.02 Å². The van der Waals surface area contributed by atoms with Crippen LogP contribution in [-0.4, -0.2) is 19.5 Å². The minimum Gasteiger partial charge on any atom is -0.290 e. The number of thioether (sulfide) groups is 1. The third-order valence-electron chi connectivity index (χ3n) is 4.52. The first-order chi connectivity index (χ1) is 12.8.